The monoisotopic (exact) mass is 399 g/mol. The molecule has 2 aromatic carbocycles. The predicted molar refractivity (Wildman–Crippen MR) is 116 cm³/mol. The zero-order chi connectivity index (χ0) is 21.3. The van der Waals surface area contributed by atoms with E-state index in [4.69, 9.17) is 10.4 Å². The number of nitriles is 1. The lowest BCUT2D eigenvalue weighted by molar-refractivity contribution is 0.0777. The maximum Gasteiger partial charge on any atom is 0.274 e. The Morgan fingerprint density at radius 2 is 1.83 bits per heavy atom. The van der Waals surface area contributed by atoms with Crippen molar-refractivity contribution < 1.29 is 4.79 Å². The Bertz CT molecular complexity index is 1090. The third kappa shape index (κ3) is 3.85. The lowest BCUT2D eigenvalue weighted by Crippen LogP contribution is -2.34. The molecule has 4 rings (SSSR count). The second-order valence-corrected chi connectivity index (χ2v) is 8.01. The molecule has 0 saturated carbocycles. The first-order valence-corrected chi connectivity index (χ1v) is 10.1. The van der Waals surface area contributed by atoms with E-state index in [1.165, 1.54) is 0 Å². The zero-order valence-electron chi connectivity index (χ0n) is 17.5. The number of aromatic nitrogens is 2. The van der Waals surface area contributed by atoms with Crippen molar-refractivity contribution in [1.82, 2.24) is 19.6 Å². The summed E-state index contributed by atoms with van der Waals surface area (Å²) in [5.41, 5.74) is 4.84. The van der Waals surface area contributed by atoms with Crippen molar-refractivity contribution in [3.8, 4) is 23.0 Å². The average molecular weight is 399 g/mol. The SMILES string of the molecule is Cc1ccc(-n2nc(C(=O)N3CC[C@@H](N(C)C)C3)cc2-c2ccc(C#N)cc2)cc1. The Balaban J connectivity index is 1.73. The number of likely N-dealkylation sites (tertiary alicyclic amines) is 1. The van der Waals surface area contributed by atoms with E-state index in [9.17, 15) is 4.79 Å². The van der Waals surface area contributed by atoms with Gasteiger partial charge in [-0.15, -0.1) is 0 Å². The highest BCUT2D eigenvalue weighted by molar-refractivity contribution is 5.94. The highest BCUT2D eigenvalue weighted by Gasteiger charge is 2.30. The van der Waals surface area contributed by atoms with Crippen LogP contribution in [0.15, 0.2) is 54.6 Å². The average Bonchev–Trinajstić information content (AvgIpc) is 3.42. The minimum Gasteiger partial charge on any atom is -0.336 e. The molecule has 1 amide bonds. The van der Waals surface area contributed by atoms with Crippen LogP contribution in [0.3, 0.4) is 0 Å². The summed E-state index contributed by atoms with van der Waals surface area (Å²) in [6.45, 7) is 3.50. The lowest BCUT2D eigenvalue weighted by Gasteiger charge is -2.19. The fourth-order valence-electron chi connectivity index (χ4n) is 3.80. The summed E-state index contributed by atoms with van der Waals surface area (Å²) in [4.78, 5) is 17.2. The van der Waals surface area contributed by atoms with Crippen LogP contribution in [0.1, 0.15) is 28.0 Å². The van der Waals surface area contributed by atoms with Gasteiger partial charge in [0.15, 0.2) is 5.69 Å². The maximum atomic E-state index is 13.2. The third-order valence-electron chi connectivity index (χ3n) is 5.70. The van der Waals surface area contributed by atoms with E-state index >= 15 is 0 Å². The number of nitrogens with zero attached hydrogens (tertiary/aromatic N) is 5. The Morgan fingerprint density at radius 1 is 1.13 bits per heavy atom. The van der Waals surface area contributed by atoms with Gasteiger partial charge in [-0.25, -0.2) is 4.68 Å². The van der Waals surface area contributed by atoms with E-state index < -0.39 is 0 Å². The topological polar surface area (TPSA) is 65.2 Å². The van der Waals surface area contributed by atoms with Gasteiger partial charge in [-0.05, 0) is 57.8 Å². The minimum atomic E-state index is -0.0416. The van der Waals surface area contributed by atoms with E-state index in [2.05, 4.69) is 11.0 Å². The van der Waals surface area contributed by atoms with Gasteiger partial charge in [-0.2, -0.15) is 10.4 Å². The molecule has 1 aliphatic rings. The standard InChI is InChI=1S/C24H25N5O/c1-17-4-10-20(11-5-17)29-23(19-8-6-18(15-25)7-9-19)14-22(26-29)24(30)28-13-12-21(16-28)27(2)3/h4-11,14,21H,12-13,16H2,1-3H3/t21-/m1/s1. The molecule has 1 fully saturated rings. The van der Waals surface area contributed by atoms with Gasteiger partial charge in [0, 0.05) is 24.7 Å². The van der Waals surface area contributed by atoms with Gasteiger partial charge in [0.2, 0.25) is 0 Å². The molecule has 0 aliphatic carbocycles. The number of likely N-dealkylation sites (N-methyl/N-ethyl adjacent to an activating group) is 1. The van der Waals surface area contributed by atoms with Gasteiger partial charge < -0.3 is 9.80 Å². The summed E-state index contributed by atoms with van der Waals surface area (Å²) in [6, 6.07) is 19.8. The highest BCUT2D eigenvalue weighted by Crippen LogP contribution is 2.26. The van der Waals surface area contributed by atoms with Crippen molar-refractivity contribution in [1.29, 1.82) is 5.26 Å². The van der Waals surface area contributed by atoms with Gasteiger partial charge in [0.05, 0.1) is 23.0 Å². The first-order valence-electron chi connectivity index (χ1n) is 10.1. The largest absolute Gasteiger partial charge is 0.336 e. The smallest absolute Gasteiger partial charge is 0.274 e. The number of rotatable bonds is 4. The third-order valence-corrected chi connectivity index (χ3v) is 5.70. The van der Waals surface area contributed by atoms with Crippen molar-refractivity contribution in [2.45, 2.75) is 19.4 Å². The van der Waals surface area contributed by atoms with Crippen LogP contribution in [0.2, 0.25) is 0 Å². The number of hydrogen-bond acceptors (Lipinski definition) is 4. The number of hydrogen-bond donors (Lipinski definition) is 0. The fourth-order valence-corrected chi connectivity index (χ4v) is 3.80. The first-order chi connectivity index (χ1) is 14.5. The van der Waals surface area contributed by atoms with Crippen LogP contribution in [0, 0.1) is 18.3 Å². The quantitative estimate of drug-likeness (QED) is 0.674. The van der Waals surface area contributed by atoms with Crippen molar-refractivity contribution in [3.05, 3.63) is 71.4 Å². The van der Waals surface area contributed by atoms with E-state index in [0.29, 0.717) is 17.3 Å². The molecule has 0 N–H and O–H groups in total. The van der Waals surface area contributed by atoms with E-state index in [1.54, 1.807) is 12.1 Å². The molecule has 0 unspecified atom stereocenters. The van der Waals surface area contributed by atoms with E-state index in [0.717, 1.165) is 42.0 Å². The number of carbonyl (C=O) groups is 1. The molecule has 6 nitrogen and oxygen atoms in total. The van der Waals surface area contributed by atoms with E-state index in [1.807, 2.05) is 73.1 Å². The van der Waals surface area contributed by atoms with Gasteiger partial charge in [-0.3, -0.25) is 4.79 Å². The fraction of sp³-hybridized carbons (Fsp3) is 0.292. The van der Waals surface area contributed by atoms with Crippen molar-refractivity contribution in [2.75, 3.05) is 27.2 Å². The molecule has 6 heteroatoms. The van der Waals surface area contributed by atoms with Crippen LogP contribution in [0.5, 0.6) is 0 Å². The number of aryl methyl sites for hydroxylation is 1. The summed E-state index contributed by atoms with van der Waals surface area (Å²) in [7, 11) is 4.10. The maximum absolute atomic E-state index is 13.2. The molecule has 0 spiro atoms. The lowest BCUT2D eigenvalue weighted by atomic mass is 10.1. The predicted octanol–water partition coefficient (Wildman–Crippen LogP) is 3.50. The van der Waals surface area contributed by atoms with Crippen LogP contribution in [-0.2, 0) is 0 Å². The summed E-state index contributed by atoms with van der Waals surface area (Å²) >= 11 is 0. The molecular weight excluding hydrogens is 374 g/mol. The Labute approximate surface area is 177 Å². The number of carbonyl (C=O) groups excluding carboxylic acids is 1. The Kier molecular flexibility index (Phi) is 5.39. The van der Waals surface area contributed by atoms with Crippen LogP contribution in [-0.4, -0.2) is 58.7 Å². The second kappa shape index (κ2) is 8.13. The molecule has 1 atom stereocenters. The number of benzene rings is 2. The van der Waals surface area contributed by atoms with Gasteiger partial charge in [0.1, 0.15) is 0 Å². The molecule has 1 aromatic heterocycles. The van der Waals surface area contributed by atoms with Crippen LogP contribution < -0.4 is 0 Å². The van der Waals surface area contributed by atoms with Crippen molar-refractivity contribution >= 4 is 5.91 Å². The summed E-state index contributed by atoms with van der Waals surface area (Å²) in [5.74, 6) is -0.0416. The highest BCUT2D eigenvalue weighted by atomic mass is 16.2. The van der Waals surface area contributed by atoms with Crippen molar-refractivity contribution in [2.24, 2.45) is 0 Å². The van der Waals surface area contributed by atoms with Crippen LogP contribution in [0.4, 0.5) is 0 Å². The normalized spacial score (nSPS) is 16.1. The minimum absolute atomic E-state index is 0.0416. The van der Waals surface area contributed by atoms with Gasteiger partial charge in [0.25, 0.3) is 5.91 Å². The molecule has 1 saturated heterocycles. The summed E-state index contributed by atoms with van der Waals surface area (Å²) in [5, 5.41) is 13.8. The van der Waals surface area contributed by atoms with Crippen molar-refractivity contribution in [3.63, 3.8) is 0 Å². The molecule has 3 aromatic rings. The molecule has 0 radical (unpaired) electrons. The number of amides is 1. The summed E-state index contributed by atoms with van der Waals surface area (Å²) in [6.07, 6.45) is 0.972. The van der Waals surface area contributed by atoms with Crippen LogP contribution >= 0.6 is 0 Å². The van der Waals surface area contributed by atoms with Gasteiger partial charge >= 0.3 is 0 Å². The Morgan fingerprint density at radius 3 is 2.43 bits per heavy atom. The molecule has 30 heavy (non-hydrogen) atoms. The zero-order valence-corrected chi connectivity index (χ0v) is 17.5. The molecule has 0 bridgehead atoms. The van der Waals surface area contributed by atoms with Crippen LogP contribution in [0.25, 0.3) is 16.9 Å². The second-order valence-electron chi connectivity index (χ2n) is 8.01. The molecule has 152 valence electrons. The Hall–Kier alpha value is -3.43. The summed E-state index contributed by atoms with van der Waals surface area (Å²) < 4.78 is 1.81. The first kappa shape index (κ1) is 19.9. The molecule has 1 aliphatic heterocycles. The van der Waals surface area contributed by atoms with Gasteiger partial charge in [-0.1, -0.05) is 29.8 Å². The van der Waals surface area contributed by atoms with E-state index in [-0.39, 0.29) is 5.91 Å². The molecule has 2 heterocycles. The molecular formula is C24H25N5O.